The van der Waals surface area contributed by atoms with E-state index >= 15 is 0 Å². The first kappa shape index (κ1) is 20.7. The van der Waals surface area contributed by atoms with Crippen molar-refractivity contribution in [2.24, 2.45) is 4.99 Å². The van der Waals surface area contributed by atoms with Gasteiger partial charge in [0.05, 0.1) is 13.2 Å². The van der Waals surface area contributed by atoms with E-state index in [1.807, 2.05) is 18.2 Å². The second-order valence-corrected chi connectivity index (χ2v) is 7.45. The van der Waals surface area contributed by atoms with Crippen LogP contribution in [-0.2, 0) is 0 Å². The van der Waals surface area contributed by atoms with E-state index in [0.717, 1.165) is 68.7 Å². The zero-order chi connectivity index (χ0) is 19.6. The van der Waals surface area contributed by atoms with Gasteiger partial charge in [-0.1, -0.05) is 0 Å². The Morgan fingerprint density at radius 2 is 1.93 bits per heavy atom. The molecule has 28 heavy (non-hydrogen) atoms. The molecule has 0 aromatic heterocycles. The number of fused-ring (bicyclic) bond motifs is 1. The molecule has 156 valence electrons. The smallest absolute Gasteiger partial charge is 0.195 e. The first-order valence-corrected chi connectivity index (χ1v) is 10.6. The summed E-state index contributed by atoms with van der Waals surface area (Å²) < 4.78 is 11.5. The highest BCUT2D eigenvalue weighted by molar-refractivity contribution is 5.93. The normalized spacial score (nSPS) is 19.0. The van der Waals surface area contributed by atoms with Crippen LogP contribution in [0.1, 0.15) is 26.2 Å². The van der Waals surface area contributed by atoms with Crippen molar-refractivity contribution < 1.29 is 9.47 Å². The molecule has 2 N–H and O–H groups in total. The molecule has 0 amide bonds. The maximum atomic E-state index is 5.78. The van der Waals surface area contributed by atoms with Crippen molar-refractivity contribution in [2.75, 3.05) is 71.4 Å². The monoisotopic (exact) mass is 389 g/mol. The number of rotatable bonds is 6. The van der Waals surface area contributed by atoms with Gasteiger partial charge in [-0.05, 0) is 58.6 Å². The number of hydrogen-bond acceptors (Lipinski definition) is 5. The Bertz CT molecular complexity index is 637. The van der Waals surface area contributed by atoms with Gasteiger partial charge in [-0.2, -0.15) is 0 Å². The van der Waals surface area contributed by atoms with Crippen LogP contribution < -0.4 is 20.1 Å². The summed E-state index contributed by atoms with van der Waals surface area (Å²) in [6, 6.07) is 5.96. The van der Waals surface area contributed by atoms with Crippen molar-refractivity contribution in [3.8, 4) is 11.5 Å². The van der Waals surface area contributed by atoms with Crippen LogP contribution in [0, 0.1) is 0 Å². The van der Waals surface area contributed by atoms with Crippen LogP contribution in [0.2, 0.25) is 0 Å². The second-order valence-electron chi connectivity index (χ2n) is 7.45. The van der Waals surface area contributed by atoms with Gasteiger partial charge in [-0.25, -0.2) is 0 Å². The molecular weight excluding hydrogens is 354 g/mol. The molecule has 0 atom stereocenters. The van der Waals surface area contributed by atoms with Crippen molar-refractivity contribution in [3.05, 3.63) is 18.2 Å². The minimum Gasteiger partial charge on any atom is -0.490 e. The summed E-state index contributed by atoms with van der Waals surface area (Å²) in [4.78, 5) is 9.72. The molecule has 1 fully saturated rings. The van der Waals surface area contributed by atoms with Gasteiger partial charge >= 0.3 is 0 Å². The highest BCUT2D eigenvalue weighted by Crippen LogP contribution is 2.32. The van der Waals surface area contributed by atoms with Gasteiger partial charge in [0, 0.05) is 44.4 Å². The van der Waals surface area contributed by atoms with Crippen LogP contribution in [0.25, 0.3) is 0 Å². The molecule has 2 aliphatic heterocycles. The molecule has 7 nitrogen and oxygen atoms in total. The number of nitrogens with one attached hydrogen (secondary N) is 2. The predicted octanol–water partition coefficient (Wildman–Crippen LogP) is 2.25. The average molecular weight is 390 g/mol. The Morgan fingerprint density at radius 1 is 1.07 bits per heavy atom. The molecule has 1 aromatic rings. The summed E-state index contributed by atoms with van der Waals surface area (Å²) in [6.07, 6.45) is 3.24. The number of likely N-dealkylation sites (N-methyl/N-ethyl adjacent to an activating group) is 1. The van der Waals surface area contributed by atoms with Crippen LogP contribution in [-0.4, -0.2) is 81.8 Å². The topological polar surface area (TPSA) is 61.4 Å². The lowest BCUT2D eigenvalue weighted by Crippen LogP contribution is -2.32. The van der Waals surface area contributed by atoms with E-state index in [1.165, 1.54) is 19.5 Å². The molecule has 0 spiro atoms. The Kier molecular flexibility index (Phi) is 8.23. The van der Waals surface area contributed by atoms with Crippen LogP contribution in [0.5, 0.6) is 11.5 Å². The molecule has 0 saturated carbocycles. The van der Waals surface area contributed by atoms with Gasteiger partial charge in [0.15, 0.2) is 17.5 Å². The number of nitrogens with zero attached hydrogens (tertiary/aromatic N) is 3. The molecule has 1 aromatic carbocycles. The molecular formula is C21H35N5O2. The molecule has 0 unspecified atom stereocenters. The van der Waals surface area contributed by atoms with Crippen molar-refractivity contribution >= 4 is 11.6 Å². The van der Waals surface area contributed by atoms with Gasteiger partial charge in [-0.15, -0.1) is 0 Å². The molecule has 0 bridgehead atoms. The van der Waals surface area contributed by atoms with Crippen molar-refractivity contribution in [2.45, 2.75) is 26.2 Å². The lowest BCUT2D eigenvalue weighted by Gasteiger charge is -2.19. The fourth-order valence-electron chi connectivity index (χ4n) is 3.49. The van der Waals surface area contributed by atoms with E-state index < -0.39 is 0 Å². The Hall–Kier alpha value is -1.99. The fourth-order valence-corrected chi connectivity index (χ4v) is 3.49. The third-order valence-electron chi connectivity index (χ3n) is 5.07. The Morgan fingerprint density at radius 3 is 2.79 bits per heavy atom. The summed E-state index contributed by atoms with van der Waals surface area (Å²) in [5.41, 5.74) is 0.958. The molecule has 2 heterocycles. The van der Waals surface area contributed by atoms with Crippen molar-refractivity contribution in [1.29, 1.82) is 0 Å². The zero-order valence-electron chi connectivity index (χ0n) is 17.4. The number of ether oxygens (including phenoxy) is 2. The summed E-state index contributed by atoms with van der Waals surface area (Å²) in [5, 5.41) is 6.71. The molecule has 0 aliphatic carbocycles. The number of guanidine groups is 1. The standard InChI is InChI=1S/C21H35N5O2/c1-3-22-21(23-9-4-11-26-12-5-10-25(2)13-14-26)24-18-7-8-19-20(17-18)28-16-6-15-27-19/h7-8,17H,3-6,9-16H2,1-2H3,(H2,22,23,24). The lowest BCUT2D eigenvalue weighted by atomic mass is 10.2. The number of benzene rings is 1. The van der Waals surface area contributed by atoms with Crippen LogP contribution in [0.15, 0.2) is 23.2 Å². The Labute approximate surface area is 169 Å². The third-order valence-corrected chi connectivity index (χ3v) is 5.07. The summed E-state index contributed by atoms with van der Waals surface area (Å²) in [6.45, 7) is 11.0. The van der Waals surface area contributed by atoms with Crippen molar-refractivity contribution in [3.63, 3.8) is 0 Å². The fraction of sp³-hybridized carbons (Fsp3) is 0.667. The summed E-state index contributed by atoms with van der Waals surface area (Å²) in [7, 11) is 2.21. The van der Waals surface area contributed by atoms with Crippen LogP contribution in [0.4, 0.5) is 5.69 Å². The molecule has 7 heteroatoms. The number of anilines is 1. The van der Waals surface area contributed by atoms with E-state index in [0.29, 0.717) is 13.2 Å². The van der Waals surface area contributed by atoms with Crippen LogP contribution in [0.3, 0.4) is 0 Å². The van der Waals surface area contributed by atoms with Gasteiger partial charge < -0.3 is 29.9 Å². The van der Waals surface area contributed by atoms with E-state index in [-0.39, 0.29) is 0 Å². The van der Waals surface area contributed by atoms with E-state index in [2.05, 4.69) is 34.4 Å². The first-order valence-electron chi connectivity index (χ1n) is 10.6. The largest absolute Gasteiger partial charge is 0.490 e. The third kappa shape index (κ3) is 6.56. The minimum absolute atomic E-state index is 0.691. The van der Waals surface area contributed by atoms with E-state index in [9.17, 15) is 0 Å². The minimum atomic E-state index is 0.691. The lowest BCUT2D eigenvalue weighted by molar-refractivity contribution is 0.275. The molecule has 3 rings (SSSR count). The second kappa shape index (κ2) is 11.1. The highest BCUT2D eigenvalue weighted by atomic mass is 16.5. The highest BCUT2D eigenvalue weighted by Gasteiger charge is 2.12. The van der Waals surface area contributed by atoms with E-state index in [4.69, 9.17) is 14.5 Å². The van der Waals surface area contributed by atoms with Gasteiger partial charge in [0.1, 0.15) is 0 Å². The maximum Gasteiger partial charge on any atom is 0.195 e. The average Bonchev–Trinajstić information content (AvgIpc) is 3.05. The van der Waals surface area contributed by atoms with Crippen molar-refractivity contribution in [1.82, 2.24) is 15.1 Å². The molecule has 1 saturated heterocycles. The summed E-state index contributed by atoms with van der Waals surface area (Å²) in [5.74, 6) is 2.42. The molecule has 2 aliphatic rings. The zero-order valence-corrected chi connectivity index (χ0v) is 17.4. The maximum absolute atomic E-state index is 5.78. The predicted molar refractivity (Wildman–Crippen MR) is 115 cm³/mol. The SMILES string of the molecule is CCNC(=NCCCN1CCCN(C)CC1)Nc1ccc2c(c1)OCCCO2. The first-order chi connectivity index (χ1) is 13.7. The number of hydrogen-bond donors (Lipinski definition) is 2. The number of aliphatic imine (C=N–C) groups is 1. The molecule has 0 radical (unpaired) electrons. The summed E-state index contributed by atoms with van der Waals surface area (Å²) >= 11 is 0. The van der Waals surface area contributed by atoms with Gasteiger partial charge in [-0.3, -0.25) is 4.99 Å². The van der Waals surface area contributed by atoms with Crippen LogP contribution >= 0.6 is 0 Å². The van der Waals surface area contributed by atoms with Gasteiger partial charge in [0.25, 0.3) is 0 Å². The quantitative estimate of drug-likeness (QED) is 0.442. The van der Waals surface area contributed by atoms with Gasteiger partial charge in [0.2, 0.25) is 0 Å². The van der Waals surface area contributed by atoms with E-state index in [1.54, 1.807) is 0 Å². The Balaban J connectivity index is 1.50.